The molecular formula is C12H10BrN3O4. The van der Waals surface area contributed by atoms with E-state index >= 15 is 0 Å². The van der Waals surface area contributed by atoms with Gasteiger partial charge in [-0.1, -0.05) is 0 Å². The van der Waals surface area contributed by atoms with E-state index in [1.165, 1.54) is 10.7 Å². The van der Waals surface area contributed by atoms with Crippen molar-refractivity contribution < 1.29 is 14.8 Å². The van der Waals surface area contributed by atoms with Gasteiger partial charge in [-0.25, -0.2) is 9.48 Å². The Labute approximate surface area is 122 Å². The Bertz CT molecular complexity index is 724. The average Bonchev–Trinajstić information content (AvgIpc) is 2.64. The number of carbonyl (C=O) groups is 1. The van der Waals surface area contributed by atoms with E-state index in [2.05, 4.69) is 21.0 Å². The summed E-state index contributed by atoms with van der Waals surface area (Å²) in [6.07, 6.45) is 0. The minimum Gasteiger partial charge on any atom is -0.478 e. The largest absolute Gasteiger partial charge is 0.478 e. The molecule has 0 saturated heterocycles. The standard InChI is InChI=1S/C12H10BrN3O4/c1-6-11(16(19)20)7(2)15(14-6)8-3-4-9(12(17)18)10(13)5-8/h3-5H,1-2H3,(H,17,18). The number of carboxylic acids is 1. The van der Waals surface area contributed by atoms with E-state index < -0.39 is 10.9 Å². The Kier molecular flexibility index (Phi) is 3.58. The summed E-state index contributed by atoms with van der Waals surface area (Å²) in [6.45, 7) is 3.15. The number of hydrogen-bond acceptors (Lipinski definition) is 4. The Hall–Kier alpha value is -2.22. The summed E-state index contributed by atoms with van der Waals surface area (Å²) in [7, 11) is 0. The maximum atomic E-state index is 11.0. The predicted octanol–water partition coefficient (Wildman–Crippen LogP) is 2.86. The molecule has 104 valence electrons. The predicted molar refractivity (Wildman–Crippen MR) is 74.4 cm³/mol. The summed E-state index contributed by atoms with van der Waals surface area (Å²) in [6, 6.07) is 4.54. The normalized spacial score (nSPS) is 10.6. The lowest BCUT2D eigenvalue weighted by atomic mass is 10.2. The SMILES string of the molecule is Cc1nn(-c2ccc(C(=O)O)c(Br)c2)c(C)c1[N+](=O)[O-]. The third-order valence-corrected chi connectivity index (χ3v) is 3.52. The van der Waals surface area contributed by atoms with Gasteiger partial charge >= 0.3 is 11.7 Å². The molecule has 0 bridgehead atoms. The Morgan fingerprint density at radius 1 is 1.45 bits per heavy atom. The van der Waals surface area contributed by atoms with E-state index in [9.17, 15) is 14.9 Å². The third kappa shape index (κ3) is 2.29. The highest BCUT2D eigenvalue weighted by molar-refractivity contribution is 9.10. The average molecular weight is 340 g/mol. The third-order valence-electron chi connectivity index (χ3n) is 2.86. The molecule has 0 radical (unpaired) electrons. The summed E-state index contributed by atoms with van der Waals surface area (Å²) >= 11 is 3.17. The number of nitro groups is 1. The molecule has 0 aliphatic heterocycles. The lowest BCUT2D eigenvalue weighted by Gasteiger charge is -2.06. The van der Waals surface area contributed by atoms with Crippen molar-refractivity contribution in [3.8, 4) is 5.69 Å². The highest BCUT2D eigenvalue weighted by atomic mass is 79.9. The minimum absolute atomic E-state index is 0.0385. The fourth-order valence-corrected chi connectivity index (χ4v) is 2.50. The smallest absolute Gasteiger partial charge is 0.336 e. The second kappa shape index (κ2) is 5.04. The molecule has 8 heteroatoms. The van der Waals surface area contributed by atoms with E-state index in [0.29, 0.717) is 21.5 Å². The molecule has 0 spiro atoms. The molecule has 1 aromatic carbocycles. The van der Waals surface area contributed by atoms with E-state index in [-0.39, 0.29) is 11.3 Å². The van der Waals surface area contributed by atoms with Gasteiger partial charge in [0.2, 0.25) is 0 Å². The monoisotopic (exact) mass is 339 g/mol. The van der Waals surface area contributed by atoms with Crippen LogP contribution in [0.25, 0.3) is 5.69 Å². The quantitative estimate of drug-likeness (QED) is 0.684. The number of carboxylic acid groups (broad SMARTS) is 1. The van der Waals surface area contributed by atoms with Crippen LogP contribution in [0.4, 0.5) is 5.69 Å². The molecule has 1 aromatic heterocycles. The van der Waals surface area contributed by atoms with Gasteiger partial charge < -0.3 is 5.11 Å². The fraction of sp³-hybridized carbons (Fsp3) is 0.167. The zero-order valence-corrected chi connectivity index (χ0v) is 12.2. The molecule has 0 aliphatic rings. The van der Waals surface area contributed by atoms with Crippen LogP contribution < -0.4 is 0 Å². The number of rotatable bonds is 3. The molecular weight excluding hydrogens is 330 g/mol. The molecule has 1 heterocycles. The van der Waals surface area contributed by atoms with Crippen molar-refractivity contribution in [2.24, 2.45) is 0 Å². The number of aromatic carboxylic acids is 1. The van der Waals surface area contributed by atoms with Gasteiger partial charge in [0.25, 0.3) is 0 Å². The van der Waals surface area contributed by atoms with Gasteiger partial charge in [-0.3, -0.25) is 10.1 Å². The van der Waals surface area contributed by atoms with E-state index in [1.54, 1.807) is 26.0 Å². The molecule has 7 nitrogen and oxygen atoms in total. The van der Waals surface area contributed by atoms with Crippen molar-refractivity contribution in [2.75, 3.05) is 0 Å². The van der Waals surface area contributed by atoms with Crippen LogP contribution in [0.3, 0.4) is 0 Å². The van der Waals surface area contributed by atoms with Crippen LogP contribution in [0.5, 0.6) is 0 Å². The Balaban J connectivity index is 2.58. The zero-order chi connectivity index (χ0) is 15.0. The van der Waals surface area contributed by atoms with Gasteiger partial charge in [-0.05, 0) is 48.0 Å². The number of nitrogens with zero attached hydrogens (tertiary/aromatic N) is 3. The minimum atomic E-state index is -1.05. The Morgan fingerprint density at radius 3 is 2.55 bits per heavy atom. The first-order chi connectivity index (χ1) is 9.32. The van der Waals surface area contributed by atoms with Crippen LogP contribution in [0.1, 0.15) is 21.7 Å². The highest BCUT2D eigenvalue weighted by Gasteiger charge is 2.23. The van der Waals surface area contributed by atoms with Crippen molar-refractivity contribution in [2.45, 2.75) is 13.8 Å². The second-order valence-electron chi connectivity index (χ2n) is 4.16. The number of halogens is 1. The maximum Gasteiger partial charge on any atom is 0.336 e. The van der Waals surface area contributed by atoms with E-state index in [0.717, 1.165) is 0 Å². The number of hydrogen-bond donors (Lipinski definition) is 1. The van der Waals surface area contributed by atoms with Crippen LogP contribution >= 0.6 is 15.9 Å². The zero-order valence-electron chi connectivity index (χ0n) is 10.6. The van der Waals surface area contributed by atoms with Crippen LogP contribution in [0.2, 0.25) is 0 Å². The molecule has 2 aromatic rings. The molecule has 0 fully saturated rings. The summed E-state index contributed by atoms with van der Waals surface area (Å²) in [5.74, 6) is -1.05. The number of aryl methyl sites for hydroxylation is 1. The van der Waals surface area contributed by atoms with Crippen molar-refractivity contribution in [1.82, 2.24) is 9.78 Å². The van der Waals surface area contributed by atoms with Crippen molar-refractivity contribution in [3.05, 3.63) is 49.7 Å². The van der Waals surface area contributed by atoms with Crippen molar-refractivity contribution in [3.63, 3.8) is 0 Å². The van der Waals surface area contributed by atoms with Gasteiger partial charge in [0.05, 0.1) is 16.2 Å². The lowest BCUT2D eigenvalue weighted by molar-refractivity contribution is -0.386. The molecule has 0 saturated carbocycles. The van der Waals surface area contributed by atoms with Gasteiger partial charge in [-0.15, -0.1) is 0 Å². The van der Waals surface area contributed by atoms with Crippen LogP contribution in [0.15, 0.2) is 22.7 Å². The summed E-state index contributed by atoms with van der Waals surface area (Å²) < 4.78 is 1.81. The van der Waals surface area contributed by atoms with Gasteiger partial charge in [0, 0.05) is 4.47 Å². The van der Waals surface area contributed by atoms with E-state index in [1.807, 2.05) is 0 Å². The van der Waals surface area contributed by atoms with E-state index in [4.69, 9.17) is 5.11 Å². The molecule has 0 atom stereocenters. The maximum absolute atomic E-state index is 11.0. The summed E-state index contributed by atoms with van der Waals surface area (Å²) in [5, 5.41) is 24.0. The molecule has 2 rings (SSSR count). The first-order valence-corrected chi connectivity index (χ1v) is 6.36. The molecule has 20 heavy (non-hydrogen) atoms. The topological polar surface area (TPSA) is 98.3 Å². The number of aromatic nitrogens is 2. The highest BCUT2D eigenvalue weighted by Crippen LogP contribution is 2.27. The summed E-state index contributed by atoms with van der Waals surface area (Å²) in [4.78, 5) is 21.4. The first-order valence-electron chi connectivity index (χ1n) is 5.56. The van der Waals surface area contributed by atoms with Crippen LogP contribution in [-0.4, -0.2) is 25.8 Å². The van der Waals surface area contributed by atoms with Crippen LogP contribution in [0, 0.1) is 24.0 Å². The lowest BCUT2D eigenvalue weighted by Crippen LogP contribution is -2.03. The molecule has 0 unspecified atom stereocenters. The van der Waals surface area contributed by atoms with Crippen LogP contribution in [-0.2, 0) is 0 Å². The molecule has 1 N–H and O–H groups in total. The van der Waals surface area contributed by atoms with Gasteiger partial charge in [0.1, 0.15) is 11.4 Å². The Morgan fingerprint density at radius 2 is 2.10 bits per heavy atom. The number of benzene rings is 1. The summed E-state index contributed by atoms with van der Waals surface area (Å²) in [5.41, 5.74) is 1.33. The molecule has 0 amide bonds. The van der Waals surface area contributed by atoms with Crippen molar-refractivity contribution >= 4 is 27.6 Å². The molecule has 0 aliphatic carbocycles. The second-order valence-corrected chi connectivity index (χ2v) is 5.01. The van der Waals surface area contributed by atoms with Gasteiger partial charge in [-0.2, -0.15) is 5.10 Å². The first kappa shape index (κ1) is 14.2. The van der Waals surface area contributed by atoms with Crippen molar-refractivity contribution in [1.29, 1.82) is 0 Å². The van der Waals surface area contributed by atoms with Gasteiger partial charge in [0.15, 0.2) is 0 Å². The fourth-order valence-electron chi connectivity index (χ4n) is 1.96.